The minimum absolute atomic E-state index is 0.0554. The molecule has 138 valence electrons. The minimum atomic E-state index is 0.0554. The summed E-state index contributed by atoms with van der Waals surface area (Å²) >= 11 is 0. The number of amides is 1. The van der Waals surface area contributed by atoms with Gasteiger partial charge in [0.25, 0.3) is 0 Å². The maximum atomic E-state index is 12.5. The van der Waals surface area contributed by atoms with Crippen LogP contribution in [0.2, 0.25) is 0 Å². The molecule has 0 aliphatic carbocycles. The molecule has 2 aliphatic heterocycles. The predicted molar refractivity (Wildman–Crippen MR) is 99.4 cm³/mol. The smallest absolute Gasteiger partial charge is 0.220 e. The van der Waals surface area contributed by atoms with Crippen molar-refractivity contribution in [3.05, 3.63) is 35.9 Å². The van der Waals surface area contributed by atoms with E-state index in [1.807, 2.05) is 18.2 Å². The Balaban J connectivity index is 1.53. The van der Waals surface area contributed by atoms with Crippen LogP contribution in [0, 0.1) is 5.92 Å². The molecule has 3 rings (SSSR count). The van der Waals surface area contributed by atoms with Crippen molar-refractivity contribution in [2.45, 2.75) is 31.7 Å². The Morgan fingerprint density at radius 1 is 1.20 bits per heavy atom. The highest BCUT2D eigenvalue weighted by atomic mass is 16.5. The first-order valence-corrected chi connectivity index (χ1v) is 9.66. The molecule has 25 heavy (non-hydrogen) atoms. The van der Waals surface area contributed by atoms with Gasteiger partial charge >= 0.3 is 0 Å². The monoisotopic (exact) mass is 345 g/mol. The highest BCUT2D eigenvalue weighted by molar-refractivity contribution is 5.76. The average molecular weight is 345 g/mol. The molecule has 1 aromatic rings. The fourth-order valence-corrected chi connectivity index (χ4v) is 3.73. The molecule has 2 aliphatic rings. The third-order valence-electron chi connectivity index (χ3n) is 5.32. The molecule has 0 bridgehead atoms. The Hall–Kier alpha value is -1.43. The summed E-state index contributed by atoms with van der Waals surface area (Å²) in [5.41, 5.74) is 1.18. The highest BCUT2D eigenvalue weighted by Crippen LogP contribution is 2.19. The van der Waals surface area contributed by atoms with Crippen LogP contribution in [0.5, 0.6) is 0 Å². The lowest BCUT2D eigenvalue weighted by molar-refractivity contribution is -0.122. The van der Waals surface area contributed by atoms with Crippen LogP contribution in [0.4, 0.5) is 0 Å². The van der Waals surface area contributed by atoms with E-state index < -0.39 is 0 Å². The van der Waals surface area contributed by atoms with Gasteiger partial charge < -0.3 is 15.4 Å². The SMILES string of the molecule is O=C(CCC1CCNCC1)NC(CN1CCOCC1)c1ccccc1. The van der Waals surface area contributed by atoms with Crippen molar-refractivity contribution >= 4 is 5.91 Å². The lowest BCUT2D eigenvalue weighted by Crippen LogP contribution is -2.43. The number of nitrogens with zero attached hydrogens (tertiary/aromatic N) is 1. The average Bonchev–Trinajstić information content (AvgIpc) is 2.68. The van der Waals surface area contributed by atoms with Gasteiger partial charge in [0.15, 0.2) is 0 Å². The molecular formula is C20H31N3O2. The summed E-state index contributed by atoms with van der Waals surface area (Å²) in [5.74, 6) is 0.877. The maximum Gasteiger partial charge on any atom is 0.220 e. The van der Waals surface area contributed by atoms with Gasteiger partial charge in [-0.1, -0.05) is 30.3 Å². The van der Waals surface area contributed by atoms with E-state index in [1.165, 1.54) is 18.4 Å². The molecule has 1 atom stereocenters. The first-order valence-electron chi connectivity index (χ1n) is 9.66. The second-order valence-corrected chi connectivity index (χ2v) is 7.18. The van der Waals surface area contributed by atoms with Gasteiger partial charge in [-0.2, -0.15) is 0 Å². The zero-order chi connectivity index (χ0) is 17.3. The van der Waals surface area contributed by atoms with Crippen LogP contribution >= 0.6 is 0 Å². The molecule has 0 saturated carbocycles. The third kappa shape index (κ3) is 6.10. The van der Waals surface area contributed by atoms with E-state index in [1.54, 1.807) is 0 Å². The topological polar surface area (TPSA) is 53.6 Å². The Labute approximate surface area is 151 Å². The maximum absolute atomic E-state index is 12.5. The summed E-state index contributed by atoms with van der Waals surface area (Å²) in [5, 5.41) is 6.67. The van der Waals surface area contributed by atoms with Gasteiger partial charge in [0.05, 0.1) is 19.3 Å². The minimum Gasteiger partial charge on any atom is -0.379 e. The number of benzene rings is 1. The molecule has 0 radical (unpaired) electrons. The van der Waals surface area contributed by atoms with Crippen LogP contribution in [0.15, 0.2) is 30.3 Å². The van der Waals surface area contributed by atoms with Gasteiger partial charge in [-0.25, -0.2) is 0 Å². The quantitative estimate of drug-likeness (QED) is 0.793. The molecule has 5 nitrogen and oxygen atoms in total. The van der Waals surface area contributed by atoms with E-state index >= 15 is 0 Å². The Kier molecular flexibility index (Phi) is 7.27. The molecule has 2 fully saturated rings. The Morgan fingerprint density at radius 2 is 1.92 bits per heavy atom. The number of rotatable bonds is 7. The summed E-state index contributed by atoms with van der Waals surface area (Å²) < 4.78 is 5.44. The van der Waals surface area contributed by atoms with Crippen molar-refractivity contribution in [2.75, 3.05) is 45.9 Å². The van der Waals surface area contributed by atoms with Crippen molar-refractivity contribution in [1.82, 2.24) is 15.5 Å². The van der Waals surface area contributed by atoms with Gasteiger partial charge in [-0.15, -0.1) is 0 Å². The first kappa shape index (κ1) is 18.4. The molecule has 0 aromatic heterocycles. The zero-order valence-corrected chi connectivity index (χ0v) is 15.1. The number of ether oxygens (including phenoxy) is 1. The molecular weight excluding hydrogens is 314 g/mol. The van der Waals surface area contributed by atoms with Crippen molar-refractivity contribution in [3.8, 4) is 0 Å². The van der Waals surface area contributed by atoms with Gasteiger partial charge in [-0.05, 0) is 43.8 Å². The van der Waals surface area contributed by atoms with Crippen molar-refractivity contribution < 1.29 is 9.53 Å². The lowest BCUT2D eigenvalue weighted by Gasteiger charge is -2.31. The molecule has 1 unspecified atom stereocenters. The van der Waals surface area contributed by atoms with E-state index in [0.717, 1.165) is 52.4 Å². The molecule has 1 aromatic carbocycles. The zero-order valence-electron chi connectivity index (χ0n) is 15.1. The molecule has 2 saturated heterocycles. The summed E-state index contributed by atoms with van der Waals surface area (Å²) in [4.78, 5) is 14.9. The Morgan fingerprint density at radius 3 is 2.64 bits per heavy atom. The van der Waals surface area contributed by atoms with E-state index in [9.17, 15) is 4.79 Å². The Bertz CT molecular complexity index is 511. The van der Waals surface area contributed by atoms with Crippen LogP contribution in [0.3, 0.4) is 0 Å². The normalized spacial score (nSPS) is 21.0. The summed E-state index contributed by atoms with van der Waals surface area (Å²) in [6.07, 6.45) is 4.04. The van der Waals surface area contributed by atoms with Crippen LogP contribution in [-0.2, 0) is 9.53 Å². The largest absolute Gasteiger partial charge is 0.379 e. The number of hydrogen-bond acceptors (Lipinski definition) is 4. The molecule has 0 spiro atoms. The summed E-state index contributed by atoms with van der Waals surface area (Å²) in [6, 6.07) is 10.4. The van der Waals surface area contributed by atoms with Gasteiger partial charge in [-0.3, -0.25) is 9.69 Å². The van der Waals surface area contributed by atoms with Crippen LogP contribution in [-0.4, -0.2) is 56.7 Å². The third-order valence-corrected chi connectivity index (χ3v) is 5.32. The number of morpholine rings is 1. The summed E-state index contributed by atoms with van der Waals surface area (Å²) in [7, 11) is 0. The molecule has 2 heterocycles. The van der Waals surface area contributed by atoms with Crippen LogP contribution in [0.1, 0.15) is 37.3 Å². The highest BCUT2D eigenvalue weighted by Gasteiger charge is 2.21. The fraction of sp³-hybridized carbons (Fsp3) is 0.650. The second kappa shape index (κ2) is 9.90. The fourth-order valence-electron chi connectivity index (χ4n) is 3.73. The number of nitrogens with one attached hydrogen (secondary N) is 2. The standard InChI is InChI=1S/C20H31N3O2/c24-20(7-6-17-8-10-21-11-9-17)22-19(18-4-2-1-3-5-18)16-23-12-14-25-15-13-23/h1-5,17,19,21H,6-16H2,(H,22,24). The van der Waals surface area contributed by atoms with Crippen molar-refractivity contribution in [2.24, 2.45) is 5.92 Å². The van der Waals surface area contributed by atoms with Gasteiger partial charge in [0, 0.05) is 26.1 Å². The number of piperidine rings is 1. The van der Waals surface area contributed by atoms with E-state index in [4.69, 9.17) is 4.74 Å². The number of carbonyl (C=O) groups excluding carboxylic acids is 1. The summed E-state index contributed by atoms with van der Waals surface area (Å²) in [6.45, 7) is 6.48. The molecule has 1 amide bonds. The van der Waals surface area contributed by atoms with Crippen molar-refractivity contribution in [1.29, 1.82) is 0 Å². The number of hydrogen-bond donors (Lipinski definition) is 2. The first-order chi connectivity index (χ1) is 12.3. The van der Waals surface area contributed by atoms with E-state index in [-0.39, 0.29) is 11.9 Å². The molecule has 5 heteroatoms. The van der Waals surface area contributed by atoms with E-state index in [2.05, 4.69) is 27.7 Å². The van der Waals surface area contributed by atoms with Gasteiger partial charge in [0.2, 0.25) is 5.91 Å². The van der Waals surface area contributed by atoms with E-state index in [0.29, 0.717) is 12.3 Å². The lowest BCUT2D eigenvalue weighted by atomic mass is 9.93. The molecule has 2 N–H and O–H groups in total. The predicted octanol–water partition coefficient (Wildman–Crippen LogP) is 1.96. The number of carbonyl (C=O) groups is 1. The van der Waals surface area contributed by atoms with Crippen molar-refractivity contribution in [3.63, 3.8) is 0 Å². The van der Waals surface area contributed by atoms with Crippen LogP contribution in [0.25, 0.3) is 0 Å². The second-order valence-electron chi connectivity index (χ2n) is 7.18. The van der Waals surface area contributed by atoms with Gasteiger partial charge in [0.1, 0.15) is 0 Å². The van der Waals surface area contributed by atoms with Crippen LogP contribution < -0.4 is 10.6 Å².